The fraction of sp³-hybridized carbons (Fsp3) is 0.214. The van der Waals surface area contributed by atoms with Gasteiger partial charge < -0.3 is 0 Å². The SMILES string of the molecule is Cc1ccc(C(=O)C(C)Cl)c2ccccc12. The molecule has 0 aliphatic rings. The summed E-state index contributed by atoms with van der Waals surface area (Å²) in [6.07, 6.45) is 0. The second kappa shape index (κ2) is 4.26. The smallest absolute Gasteiger partial charge is 0.180 e. The molecule has 0 spiro atoms. The van der Waals surface area contributed by atoms with E-state index in [1.165, 1.54) is 5.56 Å². The van der Waals surface area contributed by atoms with Gasteiger partial charge in [-0.25, -0.2) is 0 Å². The molecule has 2 heteroatoms. The van der Waals surface area contributed by atoms with E-state index in [2.05, 4.69) is 0 Å². The highest BCUT2D eigenvalue weighted by Gasteiger charge is 2.15. The predicted octanol–water partition coefficient (Wildman–Crippen LogP) is 3.96. The number of aryl methyl sites for hydroxylation is 1. The van der Waals surface area contributed by atoms with Gasteiger partial charge in [0, 0.05) is 5.56 Å². The Bertz CT molecular complexity index is 543. The first-order valence-electron chi connectivity index (χ1n) is 5.28. The molecule has 0 bridgehead atoms. The molecular weight excluding hydrogens is 220 g/mol. The fourth-order valence-corrected chi connectivity index (χ4v) is 2.00. The average molecular weight is 233 g/mol. The van der Waals surface area contributed by atoms with Crippen molar-refractivity contribution in [2.75, 3.05) is 0 Å². The van der Waals surface area contributed by atoms with Crippen LogP contribution in [-0.2, 0) is 0 Å². The molecule has 0 saturated heterocycles. The van der Waals surface area contributed by atoms with Gasteiger partial charge in [-0.15, -0.1) is 11.6 Å². The molecule has 2 aromatic carbocycles. The van der Waals surface area contributed by atoms with Crippen molar-refractivity contribution in [3.05, 3.63) is 47.5 Å². The van der Waals surface area contributed by atoms with Crippen molar-refractivity contribution in [2.45, 2.75) is 19.2 Å². The normalized spacial score (nSPS) is 12.7. The first-order valence-corrected chi connectivity index (χ1v) is 5.71. The van der Waals surface area contributed by atoms with Gasteiger partial charge in [0.15, 0.2) is 5.78 Å². The Morgan fingerprint density at radius 1 is 1.12 bits per heavy atom. The molecule has 0 radical (unpaired) electrons. The van der Waals surface area contributed by atoms with Crippen LogP contribution in [0.2, 0.25) is 0 Å². The monoisotopic (exact) mass is 232 g/mol. The number of fused-ring (bicyclic) bond motifs is 1. The molecule has 0 saturated carbocycles. The summed E-state index contributed by atoms with van der Waals surface area (Å²) in [6, 6.07) is 11.7. The summed E-state index contributed by atoms with van der Waals surface area (Å²) < 4.78 is 0. The number of ketones is 1. The Balaban J connectivity index is 2.72. The van der Waals surface area contributed by atoms with Gasteiger partial charge in [0.1, 0.15) is 0 Å². The number of rotatable bonds is 2. The quantitative estimate of drug-likeness (QED) is 0.566. The van der Waals surface area contributed by atoms with Gasteiger partial charge in [-0.2, -0.15) is 0 Å². The summed E-state index contributed by atoms with van der Waals surface area (Å²) in [5, 5.41) is 1.62. The number of Topliss-reactive ketones (excluding diaryl/α,β-unsaturated/α-hetero) is 1. The number of carbonyl (C=O) groups excluding carboxylic acids is 1. The van der Waals surface area contributed by atoms with Crippen LogP contribution in [0.5, 0.6) is 0 Å². The maximum Gasteiger partial charge on any atom is 0.180 e. The molecule has 0 aliphatic carbocycles. The van der Waals surface area contributed by atoms with E-state index in [4.69, 9.17) is 11.6 Å². The molecule has 0 N–H and O–H groups in total. The summed E-state index contributed by atoms with van der Waals surface area (Å²) in [6.45, 7) is 3.75. The van der Waals surface area contributed by atoms with Gasteiger partial charge in [0.2, 0.25) is 0 Å². The maximum atomic E-state index is 11.9. The molecule has 0 heterocycles. The van der Waals surface area contributed by atoms with Crippen molar-refractivity contribution in [3.8, 4) is 0 Å². The molecule has 1 nitrogen and oxygen atoms in total. The van der Waals surface area contributed by atoms with Crippen LogP contribution < -0.4 is 0 Å². The van der Waals surface area contributed by atoms with Gasteiger partial charge in [-0.1, -0.05) is 36.4 Å². The number of halogens is 1. The molecule has 0 aliphatic heterocycles. The van der Waals surface area contributed by atoms with Gasteiger partial charge in [0.25, 0.3) is 0 Å². The summed E-state index contributed by atoms with van der Waals surface area (Å²) in [4.78, 5) is 11.9. The van der Waals surface area contributed by atoms with E-state index < -0.39 is 5.38 Å². The van der Waals surface area contributed by atoms with Gasteiger partial charge in [-0.3, -0.25) is 4.79 Å². The van der Waals surface area contributed by atoms with E-state index in [1.54, 1.807) is 6.92 Å². The largest absolute Gasteiger partial charge is 0.292 e. The van der Waals surface area contributed by atoms with Crippen LogP contribution >= 0.6 is 11.6 Å². The lowest BCUT2D eigenvalue weighted by Crippen LogP contribution is -2.11. The first kappa shape index (κ1) is 11.2. The van der Waals surface area contributed by atoms with Crippen LogP contribution in [0.3, 0.4) is 0 Å². The summed E-state index contributed by atoms with van der Waals surface area (Å²) in [7, 11) is 0. The van der Waals surface area contributed by atoms with Gasteiger partial charge >= 0.3 is 0 Å². The van der Waals surface area contributed by atoms with Crippen LogP contribution in [0.4, 0.5) is 0 Å². The van der Waals surface area contributed by atoms with Crippen LogP contribution in [-0.4, -0.2) is 11.2 Å². The minimum atomic E-state index is -0.480. The molecule has 0 amide bonds. The number of alkyl halides is 1. The molecule has 0 aromatic heterocycles. The highest BCUT2D eigenvalue weighted by atomic mass is 35.5. The molecule has 1 unspecified atom stereocenters. The molecular formula is C14H13ClO. The Morgan fingerprint density at radius 2 is 1.75 bits per heavy atom. The zero-order valence-electron chi connectivity index (χ0n) is 9.33. The molecule has 16 heavy (non-hydrogen) atoms. The van der Waals surface area contributed by atoms with Crippen LogP contribution in [0.1, 0.15) is 22.8 Å². The van der Waals surface area contributed by atoms with Crippen molar-refractivity contribution in [1.29, 1.82) is 0 Å². The number of hydrogen-bond donors (Lipinski definition) is 0. The van der Waals surface area contributed by atoms with Crippen molar-refractivity contribution >= 4 is 28.2 Å². The average Bonchev–Trinajstić information content (AvgIpc) is 2.29. The van der Waals surface area contributed by atoms with Crippen LogP contribution in [0.15, 0.2) is 36.4 Å². The van der Waals surface area contributed by atoms with Crippen molar-refractivity contribution in [1.82, 2.24) is 0 Å². The second-order valence-corrected chi connectivity index (χ2v) is 4.61. The highest BCUT2D eigenvalue weighted by Crippen LogP contribution is 2.24. The number of hydrogen-bond acceptors (Lipinski definition) is 1. The van der Waals surface area contributed by atoms with E-state index in [1.807, 2.05) is 43.3 Å². The zero-order chi connectivity index (χ0) is 11.7. The molecule has 0 fully saturated rings. The Labute approximate surface area is 100 Å². The minimum absolute atomic E-state index is 0.0159. The summed E-state index contributed by atoms with van der Waals surface area (Å²) in [5.74, 6) is -0.0159. The first-order chi connectivity index (χ1) is 7.61. The fourth-order valence-electron chi connectivity index (χ4n) is 1.88. The van der Waals surface area contributed by atoms with Crippen LogP contribution in [0, 0.1) is 6.92 Å². The Hall–Kier alpha value is -1.34. The third kappa shape index (κ3) is 1.83. The molecule has 2 aromatic rings. The number of benzene rings is 2. The van der Waals surface area contributed by atoms with E-state index in [0.29, 0.717) is 5.56 Å². The van der Waals surface area contributed by atoms with Gasteiger partial charge in [0.05, 0.1) is 5.38 Å². The van der Waals surface area contributed by atoms with E-state index >= 15 is 0 Å². The van der Waals surface area contributed by atoms with Crippen molar-refractivity contribution in [3.63, 3.8) is 0 Å². The minimum Gasteiger partial charge on any atom is -0.292 e. The van der Waals surface area contributed by atoms with E-state index in [-0.39, 0.29) is 5.78 Å². The summed E-state index contributed by atoms with van der Waals surface area (Å²) in [5.41, 5.74) is 1.89. The van der Waals surface area contributed by atoms with E-state index in [9.17, 15) is 4.79 Å². The summed E-state index contributed by atoms with van der Waals surface area (Å²) >= 11 is 5.85. The van der Waals surface area contributed by atoms with Crippen molar-refractivity contribution < 1.29 is 4.79 Å². The molecule has 1 atom stereocenters. The Kier molecular flexibility index (Phi) is 2.97. The second-order valence-electron chi connectivity index (χ2n) is 3.96. The lowest BCUT2D eigenvalue weighted by atomic mass is 9.97. The van der Waals surface area contributed by atoms with Crippen LogP contribution in [0.25, 0.3) is 10.8 Å². The zero-order valence-corrected chi connectivity index (χ0v) is 10.1. The third-order valence-corrected chi connectivity index (χ3v) is 2.97. The topological polar surface area (TPSA) is 17.1 Å². The standard InChI is InChI=1S/C14H13ClO/c1-9-7-8-13(14(16)10(2)15)12-6-4-3-5-11(9)12/h3-8,10H,1-2H3. The maximum absolute atomic E-state index is 11.9. The van der Waals surface area contributed by atoms with Gasteiger partial charge in [-0.05, 0) is 30.2 Å². The number of carbonyl (C=O) groups is 1. The predicted molar refractivity (Wildman–Crippen MR) is 68.3 cm³/mol. The lowest BCUT2D eigenvalue weighted by molar-refractivity contribution is 0.0993. The molecule has 2 rings (SSSR count). The third-order valence-electron chi connectivity index (χ3n) is 2.77. The molecule has 82 valence electrons. The lowest BCUT2D eigenvalue weighted by Gasteiger charge is -2.09. The Morgan fingerprint density at radius 3 is 2.38 bits per heavy atom. The van der Waals surface area contributed by atoms with Crippen molar-refractivity contribution in [2.24, 2.45) is 0 Å². The highest BCUT2D eigenvalue weighted by molar-refractivity contribution is 6.35. The van der Waals surface area contributed by atoms with E-state index in [0.717, 1.165) is 10.8 Å².